The fourth-order valence-electron chi connectivity index (χ4n) is 9.52. The second kappa shape index (κ2) is 9.92. The lowest BCUT2D eigenvalue weighted by atomic mass is 10.1. The number of benzene rings is 6. The highest BCUT2D eigenvalue weighted by Gasteiger charge is 2.52. The molecule has 3 aliphatic rings. The molecule has 2 unspecified atom stereocenters. The maximum Gasteiger partial charge on any atom is 0.184 e. The fraction of sp³-hybridized carbons (Fsp3) is 0.0222. The van der Waals surface area contributed by atoms with E-state index in [-0.39, 0.29) is 0 Å². The first kappa shape index (κ1) is 27.3. The van der Waals surface area contributed by atoms with Crippen molar-refractivity contribution >= 4 is 57.6 Å². The Morgan fingerprint density at radius 3 is 1.24 bits per heavy atom. The highest BCUT2D eigenvalue weighted by atomic mass is 28.3. The third kappa shape index (κ3) is 3.40. The molecule has 230 valence electrons. The van der Waals surface area contributed by atoms with Crippen molar-refractivity contribution in [3.63, 3.8) is 0 Å². The van der Waals surface area contributed by atoms with E-state index < -0.39 is 16.1 Å². The van der Waals surface area contributed by atoms with E-state index in [1.54, 1.807) is 0 Å². The Labute approximate surface area is 287 Å². The van der Waals surface area contributed by atoms with Crippen molar-refractivity contribution in [3.05, 3.63) is 181 Å². The number of furan rings is 2. The van der Waals surface area contributed by atoms with E-state index in [1.165, 1.54) is 74.9 Å². The molecule has 0 fully saturated rings. The molecule has 2 aromatic heterocycles. The van der Waals surface area contributed by atoms with Gasteiger partial charge in [-0.15, -0.1) is 0 Å². The maximum absolute atomic E-state index is 6.26. The monoisotopic (exact) mass is 658 g/mol. The topological polar surface area (TPSA) is 26.3 Å². The quantitative estimate of drug-likeness (QED) is 0.245. The summed E-state index contributed by atoms with van der Waals surface area (Å²) in [6.07, 6.45) is 4.72. The molecule has 11 rings (SSSR count). The van der Waals surface area contributed by atoms with Crippen LogP contribution in [0.1, 0.15) is 11.1 Å². The van der Waals surface area contributed by atoms with Gasteiger partial charge >= 0.3 is 0 Å². The van der Waals surface area contributed by atoms with Crippen LogP contribution in [0.25, 0.3) is 33.8 Å². The zero-order chi connectivity index (χ0) is 32.2. The predicted octanol–water partition coefficient (Wildman–Crippen LogP) is 5.16. The van der Waals surface area contributed by atoms with Gasteiger partial charge in [-0.2, -0.15) is 0 Å². The lowest BCUT2D eigenvalue weighted by Crippen LogP contribution is -2.72. The molecule has 6 aromatic carbocycles. The minimum Gasteiger partial charge on any atom is -0.464 e. The summed E-state index contributed by atoms with van der Waals surface area (Å²) in [5, 5.41) is 11.1. The molecule has 4 heterocycles. The molecule has 2 atom stereocenters. The summed E-state index contributed by atoms with van der Waals surface area (Å²) in [5.41, 5.74) is 7.99. The van der Waals surface area contributed by atoms with Gasteiger partial charge < -0.3 is 8.83 Å². The third-order valence-electron chi connectivity index (χ3n) is 11.5. The first-order chi connectivity index (χ1) is 24.3. The standard InChI is InChI=1S/C45H30O2Si2/c1-3-11-32(12-4-1)48(40-17-9-7-15-36(40)44-42(48)23-25-46-44)34-21-19-30-27-31-20-22-35(29-39(31)38(30)28-34)49(33-13-5-2-6-14-33)41-18-10-8-16-37(41)45-43(49)24-26-47-45/h1-26,28-29H,27H2. The van der Waals surface area contributed by atoms with Gasteiger partial charge in [-0.3, -0.25) is 0 Å². The van der Waals surface area contributed by atoms with E-state index in [1.807, 2.05) is 12.5 Å². The van der Waals surface area contributed by atoms with Crippen LogP contribution in [0.3, 0.4) is 0 Å². The van der Waals surface area contributed by atoms with Crippen LogP contribution in [0.5, 0.6) is 0 Å². The van der Waals surface area contributed by atoms with Crippen LogP contribution in [0.4, 0.5) is 0 Å². The Morgan fingerprint density at radius 1 is 0.347 bits per heavy atom. The lowest BCUT2D eigenvalue weighted by molar-refractivity contribution is 0.584. The summed E-state index contributed by atoms with van der Waals surface area (Å²) < 4.78 is 12.5. The molecular formula is C45H30O2Si2. The van der Waals surface area contributed by atoms with Crippen molar-refractivity contribution in [2.24, 2.45) is 0 Å². The van der Waals surface area contributed by atoms with Crippen molar-refractivity contribution < 1.29 is 8.83 Å². The summed E-state index contributed by atoms with van der Waals surface area (Å²) in [7, 11) is -5.26. The van der Waals surface area contributed by atoms with Crippen molar-refractivity contribution in [1.82, 2.24) is 0 Å². The molecular weight excluding hydrogens is 629 g/mol. The minimum atomic E-state index is -2.63. The van der Waals surface area contributed by atoms with Crippen LogP contribution < -0.4 is 41.5 Å². The first-order valence-electron chi connectivity index (χ1n) is 17.0. The van der Waals surface area contributed by atoms with Gasteiger partial charge in [-0.1, -0.05) is 146 Å². The average molecular weight is 659 g/mol. The summed E-state index contributed by atoms with van der Waals surface area (Å²) in [4.78, 5) is 0. The molecule has 0 saturated carbocycles. The Morgan fingerprint density at radius 2 is 0.776 bits per heavy atom. The van der Waals surface area contributed by atoms with E-state index in [2.05, 4.69) is 158 Å². The van der Waals surface area contributed by atoms with E-state index in [9.17, 15) is 0 Å². The van der Waals surface area contributed by atoms with Crippen molar-refractivity contribution in [1.29, 1.82) is 0 Å². The van der Waals surface area contributed by atoms with Crippen LogP contribution in [0.15, 0.2) is 179 Å². The first-order valence-corrected chi connectivity index (χ1v) is 21.0. The van der Waals surface area contributed by atoms with Crippen molar-refractivity contribution in [2.45, 2.75) is 6.42 Å². The molecule has 4 heteroatoms. The van der Waals surface area contributed by atoms with Crippen LogP contribution in [0, 0.1) is 0 Å². The molecule has 8 aromatic rings. The van der Waals surface area contributed by atoms with Gasteiger partial charge in [-0.05, 0) is 71.9 Å². The highest BCUT2D eigenvalue weighted by molar-refractivity contribution is 7.22. The van der Waals surface area contributed by atoms with Gasteiger partial charge in [0.2, 0.25) is 0 Å². The van der Waals surface area contributed by atoms with Crippen LogP contribution >= 0.6 is 0 Å². The van der Waals surface area contributed by atoms with Crippen LogP contribution in [-0.2, 0) is 6.42 Å². The molecule has 49 heavy (non-hydrogen) atoms. The Bertz CT molecular complexity index is 2420. The Balaban J connectivity index is 1.16. The van der Waals surface area contributed by atoms with E-state index >= 15 is 0 Å². The van der Waals surface area contributed by atoms with Crippen molar-refractivity contribution in [3.8, 4) is 33.8 Å². The number of rotatable bonds is 4. The molecule has 2 nitrogen and oxygen atoms in total. The van der Waals surface area contributed by atoms with Gasteiger partial charge in [0.15, 0.2) is 16.1 Å². The molecule has 1 aliphatic carbocycles. The normalized spacial score (nSPS) is 19.1. The predicted molar refractivity (Wildman–Crippen MR) is 204 cm³/mol. The molecule has 0 saturated heterocycles. The molecule has 0 radical (unpaired) electrons. The fourth-order valence-corrected chi connectivity index (χ4v) is 19.6. The van der Waals surface area contributed by atoms with E-state index in [0.29, 0.717) is 0 Å². The summed E-state index contributed by atoms with van der Waals surface area (Å²) >= 11 is 0. The molecule has 0 amide bonds. The SMILES string of the molecule is c1ccc([Si]2(c3ccc4c(c3)-c3cc([Si]5(c6ccccc6)c6ccccc6-c6occc65)ccc3C4)c3ccccc3-c3occc32)cc1. The molecule has 2 aliphatic heterocycles. The molecule has 0 N–H and O–H groups in total. The Kier molecular flexibility index (Phi) is 5.53. The highest BCUT2D eigenvalue weighted by Crippen LogP contribution is 2.38. The van der Waals surface area contributed by atoms with Crippen LogP contribution in [-0.4, -0.2) is 16.1 Å². The van der Waals surface area contributed by atoms with Gasteiger partial charge in [0, 0.05) is 21.5 Å². The second-order valence-electron chi connectivity index (χ2n) is 13.6. The molecule has 0 bridgehead atoms. The minimum absolute atomic E-state index is 0.951. The second-order valence-corrected chi connectivity index (χ2v) is 21.0. The number of hydrogen-bond donors (Lipinski definition) is 0. The van der Waals surface area contributed by atoms with E-state index in [4.69, 9.17) is 8.83 Å². The number of fused-ring (bicyclic) bond motifs is 9. The van der Waals surface area contributed by atoms with Gasteiger partial charge in [-0.25, -0.2) is 0 Å². The average Bonchev–Trinajstić information content (AvgIpc) is 3.99. The smallest absolute Gasteiger partial charge is 0.184 e. The lowest BCUT2D eigenvalue weighted by Gasteiger charge is -2.31. The van der Waals surface area contributed by atoms with E-state index in [0.717, 1.165) is 17.9 Å². The zero-order valence-electron chi connectivity index (χ0n) is 26.7. The maximum atomic E-state index is 6.26. The summed E-state index contributed by atoms with van der Waals surface area (Å²) in [6.45, 7) is 0. The van der Waals surface area contributed by atoms with Crippen LogP contribution in [0.2, 0.25) is 0 Å². The van der Waals surface area contributed by atoms with Crippen molar-refractivity contribution in [2.75, 3.05) is 0 Å². The zero-order valence-corrected chi connectivity index (χ0v) is 28.7. The van der Waals surface area contributed by atoms with Gasteiger partial charge in [0.05, 0.1) is 12.5 Å². The van der Waals surface area contributed by atoms with Gasteiger partial charge in [0.1, 0.15) is 11.5 Å². The number of hydrogen-bond acceptors (Lipinski definition) is 2. The van der Waals surface area contributed by atoms with Gasteiger partial charge in [0.25, 0.3) is 0 Å². The summed E-state index contributed by atoms with van der Waals surface area (Å²) in [5.74, 6) is 2.06. The largest absolute Gasteiger partial charge is 0.464 e. The summed E-state index contributed by atoms with van der Waals surface area (Å²) in [6, 6.07) is 59.4. The Hall–Kier alpha value is -5.69. The molecule has 0 spiro atoms. The third-order valence-corrected chi connectivity index (χ3v) is 21.1.